The van der Waals surface area contributed by atoms with Crippen LogP contribution in [-0.4, -0.2) is 21.2 Å². The standard InChI is InChI=1S/C24H20FN3O2S2/c1-14-11-17(25)6-8-20(14)28-23(30)22-19(9-10-31-22)27-24(28)32-13-21(29)26-18-7-5-15-3-2-4-16(15)12-18/h5-12H,2-4,13H2,1H3,(H,26,29). The van der Waals surface area contributed by atoms with Gasteiger partial charge in [-0.1, -0.05) is 17.8 Å². The molecule has 2 aromatic heterocycles. The van der Waals surface area contributed by atoms with Gasteiger partial charge < -0.3 is 5.32 Å². The van der Waals surface area contributed by atoms with Crippen molar-refractivity contribution < 1.29 is 9.18 Å². The zero-order valence-corrected chi connectivity index (χ0v) is 19.0. The van der Waals surface area contributed by atoms with Gasteiger partial charge >= 0.3 is 0 Å². The van der Waals surface area contributed by atoms with E-state index in [-0.39, 0.29) is 23.0 Å². The highest BCUT2D eigenvalue weighted by Gasteiger charge is 2.18. The minimum absolute atomic E-state index is 0.0966. The minimum Gasteiger partial charge on any atom is -0.325 e. The number of benzene rings is 2. The maximum Gasteiger partial charge on any atom is 0.276 e. The number of halogens is 1. The monoisotopic (exact) mass is 465 g/mol. The molecule has 0 saturated heterocycles. The van der Waals surface area contributed by atoms with E-state index >= 15 is 0 Å². The number of hydrogen-bond donors (Lipinski definition) is 1. The lowest BCUT2D eigenvalue weighted by atomic mass is 10.1. The van der Waals surface area contributed by atoms with Crippen molar-refractivity contribution in [1.29, 1.82) is 0 Å². The van der Waals surface area contributed by atoms with Crippen LogP contribution in [0.2, 0.25) is 0 Å². The van der Waals surface area contributed by atoms with Crippen LogP contribution in [0.3, 0.4) is 0 Å². The molecule has 0 fully saturated rings. The van der Waals surface area contributed by atoms with Gasteiger partial charge in [-0.15, -0.1) is 11.3 Å². The second-order valence-electron chi connectivity index (χ2n) is 7.77. The van der Waals surface area contributed by atoms with Crippen LogP contribution in [0.1, 0.15) is 23.1 Å². The molecule has 162 valence electrons. The highest BCUT2D eigenvalue weighted by Crippen LogP contribution is 2.27. The van der Waals surface area contributed by atoms with Crippen LogP contribution in [0.15, 0.2) is 57.8 Å². The molecule has 2 heterocycles. The third kappa shape index (κ3) is 3.96. The number of carbonyl (C=O) groups is 1. The summed E-state index contributed by atoms with van der Waals surface area (Å²) in [6.45, 7) is 1.75. The van der Waals surface area contributed by atoms with Gasteiger partial charge in [0.2, 0.25) is 5.91 Å². The summed E-state index contributed by atoms with van der Waals surface area (Å²) in [6, 6.07) is 12.1. The number of hydrogen-bond acceptors (Lipinski definition) is 5. The Balaban J connectivity index is 1.43. The Morgan fingerprint density at radius 2 is 2.03 bits per heavy atom. The third-order valence-electron chi connectivity index (χ3n) is 5.56. The van der Waals surface area contributed by atoms with Gasteiger partial charge in [-0.05, 0) is 84.7 Å². The van der Waals surface area contributed by atoms with Gasteiger partial charge in [0.15, 0.2) is 5.16 Å². The predicted molar refractivity (Wildman–Crippen MR) is 128 cm³/mol. The van der Waals surface area contributed by atoms with Crippen LogP contribution in [-0.2, 0) is 17.6 Å². The van der Waals surface area contributed by atoms with E-state index in [0.717, 1.165) is 24.9 Å². The van der Waals surface area contributed by atoms with E-state index in [1.807, 2.05) is 17.5 Å². The summed E-state index contributed by atoms with van der Waals surface area (Å²) in [5.74, 6) is -0.443. The number of aryl methyl sites for hydroxylation is 3. The molecule has 0 bridgehead atoms. The molecule has 0 spiro atoms. The van der Waals surface area contributed by atoms with E-state index in [0.29, 0.717) is 26.6 Å². The molecule has 5 rings (SSSR count). The van der Waals surface area contributed by atoms with Crippen molar-refractivity contribution in [3.05, 3.63) is 80.7 Å². The van der Waals surface area contributed by atoms with Gasteiger partial charge in [0.1, 0.15) is 10.5 Å². The van der Waals surface area contributed by atoms with Gasteiger partial charge in [0.05, 0.1) is 17.0 Å². The molecular formula is C24H20FN3O2S2. The highest BCUT2D eigenvalue weighted by molar-refractivity contribution is 7.99. The van der Waals surface area contributed by atoms with Gasteiger partial charge in [0.25, 0.3) is 5.56 Å². The Kier molecular flexibility index (Phi) is 5.57. The number of aromatic nitrogens is 2. The number of anilines is 1. The first-order chi connectivity index (χ1) is 15.5. The Labute approximate surface area is 192 Å². The number of thiophene rings is 1. The molecule has 1 amide bonds. The number of fused-ring (bicyclic) bond motifs is 2. The van der Waals surface area contributed by atoms with Crippen molar-refractivity contribution in [2.75, 3.05) is 11.1 Å². The number of thioether (sulfide) groups is 1. The van der Waals surface area contributed by atoms with E-state index < -0.39 is 0 Å². The lowest BCUT2D eigenvalue weighted by Crippen LogP contribution is -2.23. The Morgan fingerprint density at radius 1 is 1.19 bits per heavy atom. The topological polar surface area (TPSA) is 64.0 Å². The van der Waals surface area contributed by atoms with Crippen LogP contribution >= 0.6 is 23.1 Å². The van der Waals surface area contributed by atoms with Crippen LogP contribution in [0.25, 0.3) is 15.9 Å². The van der Waals surface area contributed by atoms with E-state index in [4.69, 9.17) is 0 Å². The molecule has 4 aromatic rings. The van der Waals surface area contributed by atoms with Crippen LogP contribution in [0.5, 0.6) is 0 Å². The van der Waals surface area contributed by atoms with Crippen LogP contribution < -0.4 is 10.9 Å². The lowest BCUT2D eigenvalue weighted by Gasteiger charge is -2.14. The molecule has 0 aliphatic heterocycles. The number of amides is 1. The molecule has 0 saturated carbocycles. The van der Waals surface area contributed by atoms with E-state index in [1.54, 1.807) is 19.1 Å². The zero-order valence-electron chi connectivity index (χ0n) is 17.4. The summed E-state index contributed by atoms with van der Waals surface area (Å²) in [5.41, 5.74) is 4.98. The normalized spacial score (nSPS) is 12.8. The molecule has 0 unspecified atom stereocenters. The van der Waals surface area contributed by atoms with Crippen molar-refractivity contribution in [1.82, 2.24) is 9.55 Å². The predicted octanol–water partition coefficient (Wildman–Crippen LogP) is 5.11. The van der Waals surface area contributed by atoms with Crippen molar-refractivity contribution in [2.24, 2.45) is 0 Å². The van der Waals surface area contributed by atoms with Crippen molar-refractivity contribution in [3.8, 4) is 5.69 Å². The molecule has 1 aliphatic rings. The smallest absolute Gasteiger partial charge is 0.276 e. The number of carbonyl (C=O) groups excluding carboxylic acids is 1. The van der Waals surface area contributed by atoms with Gasteiger partial charge in [-0.2, -0.15) is 0 Å². The number of nitrogens with one attached hydrogen (secondary N) is 1. The first-order valence-electron chi connectivity index (χ1n) is 10.3. The van der Waals surface area contributed by atoms with Crippen LogP contribution in [0.4, 0.5) is 10.1 Å². The van der Waals surface area contributed by atoms with Crippen molar-refractivity contribution in [2.45, 2.75) is 31.3 Å². The van der Waals surface area contributed by atoms with E-state index in [2.05, 4.69) is 16.4 Å². The lowest BCUT2D eigenvalue weighted by molar-refractivity contribution is -0.113. The van der Waals surface area contributed by atoms with Gasteiger partial charge in [0, 0.05) is 5.69 Å². The minimum atomic E-state index is -0.368. The summed E-state index contributed by atoms with van der Waals surface area (Å²) in [5, 5.41) is 5.16. The highest BCUT2D eigenvalue weighted by atomic mass is 32.2. The second-order valence-corrected chi connectivity index (χ2v) is 9.63. The number of rotatable bonds is 5. The fraction of sp³-hybridized carbons (Fsp3) is 0.208. The Hall–Kier alpha value is -2.97. The average Bonchev–Trinajstić information content (AvgIpc) is 3.42. The van der Waals surface area contributed by atoms with Gasteiger partial charge in [-0.3, -0.25) is 14.2 Å². The maximum atomic E-state index is 13.7. The molecular weight excluding hydrogens is 445 g/mol. The summed E-state index contributed by atoms with van der Waals surface area (Å²) in [6.07, 6.45) is 3.29. The largest absolute Gasteiger partial charge is 0.325 e. The molecule has 32 heavy (non-hydrogen) atoms. The summed E-state index contributed by atoms with van der Waals surface area (Å²) >= 11 is 2.51. The fourth-order valence-electron chi connectivity index (χ4n) is 4.05. The zero-order chi connectivity index (χ0) is 22.2. The maximum absolute atomic E-state index is 13.7. The SMILES string of the molecule is Cc1cc(F)ccc1-n1c(SCC(=O)Nc2ccc3c(c2)CCC3)nc2ccsc2c1=O. The van der Waals surface area contributed by atoms with Crippen molar-refractivity contribution in [3.63, 3.8) is 0 Å². The molecule has 8 heteroatoms. The molecule has 2 aromatic carbocycles. The van der Waals surface area contributed by atoms with E-state index in [1.165, 1.54) is 50.9 Å². The second kappa shape index (κ2) is 8.52. The average molecular weight is 466 g/mol. The first-order valence-corrected chi connectivity index (χ1v) is 12.2. The number of nitrogens with zero attached hydrogens (tertiary/aromatic N) is 2. The molecule has 1 N–H and O–H groups in total. The Bertz CT molecular complexity index is 1410. The summed E-state index contributed by atoms with van der Waals surface area (Å²) in [4.78, 5) is 30.5. The summed E-state index contributed by atoms with van der Waals surface area (Å²) in [7, 11) is 0. The fourth-order valence-corrected chi connectivity index (χ4v) is 5.61. The molecule has 0 atom stereocenters. The molecule has 1 aliphatic carbocycles. The molecule has 5 nitrogen and oxygen atoms in total. The first kappa shape index (κ1) is 20.9. The Morgan fingerprint density at radius 3 is 2.88 bits per heavy atom. The quantitative estimate of drug-likeness (QED) is 0.328. The third-order valence-corrected chi connectivity index (χ3v) is 7.39. The van der Waals surface area contributed by atoms with Crippen LogP contribution in [0, 0.1) is 12.7 Å². The van der Waals surface area contributed by atoms with E-state index in [9.17, 15) is 14.0 Å². The van der Waals surface area contributed by atoms with Gasteiger partial charge in [-0.25, -0.2) is 9.37 Å². The molecule has 0 radical (unpaired) electrons. The van der Waals surface area contributed by atoms with Crippen molar-refractivity contribution >= 4 is 44.9 Å². The summed E-state index contributed by atoms with van der Waals surface area (Å²) < 4.78 is 15.7.